The lowest BCUT2D eigenvalue weighted by Gasteiger charge is -2.32. The lowest BCUT2D eigenvalue weighted by Crippen LogP contribution is -2.43. The molecule has 6 heteroatoms. The van der Waals surface area contributed by atoms with Crippen molar-refractivity contribution >= 4 is 21.8 Å². The molecule has 0 heterocycles. The summed E-state index contributed by atoms with van der Waals surface area (Å²) in [7, 11) is 0. The lowest BCUT2D eigenvalue weighted by molar-refractivity contribution is -0.198. The molecule has 1 aliphatic carbocycles. The van der Waals surface area contributed by atoms with Crippen molar-refractivity contribution in [1.29, 1.82) is 0 Å². The van der Waals surface area contributed by atoms with Crippen LogP contribution in [-0.4, -0.2) is 23.5 Å². The Labute approximate surface area is 120 Å². The molecular weight excluding hydrogens is 323 g/mol. The molecule has 3 atom stereocenters. The van der Waals surface area contributed by atoms with Gasteiger partial charge in [-0.25, -0.2) is 0 Å². The number of nitrogens with one attached hydrogen (secondary N) is 1. The summed E-state index contributed by atoms with van der Waals surface area (Å²) in [5, 5.41) is 2.65. The first-order chi connectivity index (χ1) is 8.86. The van der Waals surface area contributed by atoms with Crippen LogP contribution in [0.3, 0.4) is 0 Å². The van der Waals surface area contributed by atoms with Crippen molar-refractivity contribution in [2.45, 2.75) is 56.5 Å². The van der Waals surface area contributed by atoms with Crippen molar-refractivity contribution in [3.8, 4) is 0 Å². The van der Waals surface area contributed by atoms with E-state index in [9.17, 15) is 18.0 Å². The van der Waals surface area contributed by atoms with Gasteiger partial charge in [-0.2, -0.15) is 13.2 Å². The Balaban J connectivity index is 2.48. The van der Waals surface area contributed by atoms with Crippen molar-refractivity contribution in [2.24, 2.45) is 11.8 Å². The summed E-state index contributed by atoms with van der Waals surface area (Å²) in [6.07, 6.45) is -0.882. The third-order valence-corrected chi connectivity index (χ3v) is 4.83. The van der Waals surface area contributed by atoms with E-state index in [1.807, 2.05) is 6.92 Å². The molecule has 1 aliphatic rings. The number of rotatable bonds is 5. The maximum absolute atomic E-state index is 12.9. The molecular formula is C13H21BrF3NO. The van der Waals surface area contributed by atoms with Crippen LogP contribution in [0.25, 0.3) is 0 Å². The van der Waals surface area contributed by atoms with Crippen LogP contribution in [0.2, 0.25) is 0 Å². The topological polar surface area (TPSA) is 29.1 Å². The number of carbonyl (C=O) groups excluding carboxylic acids is 1. The van der Waals surface area contributed by atoms with Gasteiger partial charge in [0.2, 0.25) is 5.91 Å². The highest BCUT2D eigenvalue weighted by atomic mass is 79.9. The highest BCUT2D eigenvalue weighted by Gasteiger charge is 2.47. The maximum Gasteiger partial charge on any atom is 0.392 e. The van der Waals surface area contributed by atoms with E-state index in [2.05, 4.69) is 21.2 Å². The van der Waals surface area contributed by atoms with E-state index in [4.69, 9.17) is 0 Å². The van der Waals surface area contributed by atoms with E-state index < -0.39 is 23.9 Å². The lowest BCUT2D eigenvalue weighted by atomic mass is 9.78. The van der Waals surface area contributed by atoms with Crippen LogP contribution in [0.5, 0.6) is 0 Å². The van der Waals surface area contributed by atoms with Crippen molar-refractivity contribution in [1.82, 2.24) is 5.32 Å². The van der Waals surface area contributed by atoms with Crippen molar-refractivity contribution in [3.05, 3.63) is 0 Å². The SMILES string of the molecule is CCC(Br)CCNC(=O)C1CCCCC1C(F)(F)F. The third-order valence-electron chi connectivity index (χ3n) is 3.72. The van der Waals surface area contributed by atoms with E-state index in [-0.39, 0.29) is 6.42 Å². The standard InChI is InChI=1S/C13H21BrF3NO/c1-2-9(14)7-8-18-12(19)10-5-3-4-6-11(10)13(15,16)17/h9-11H,2-8H2,1H3,(H,18,19). The average molecular weight is 344 g/mol. The minimum absolute atomic E-state index is 0.0810. The molecule has 1 fully saturated rings. The monoisotopic (exact) mass is 343 g/mol. The van der Waals surface area contributed by atoms with Crippen molar-refractivity contribution in [3.63, 3.8) is 0 Å². The molecule has 1 N–H and O–H groups in total. The quantitative estimate of drug-likeness (QED) is 0.750. The molecule has 1 rings (SSSR count). The molecule has 0 saturated heterocycles. The molecule has 0 aromatic carbocycles. The van der Waals surface area contributed by atoms with E-state index in [0.29, 0.717) is 30.6 Å². The van der Waals surface area contributed by atoms with Gasteiger partial charge in [0.1, 0.15) is 0 Å². The minimum atomic E-state index is -4.26. The normalized spacial score (nSPS) is 25.9. The molecule has 0 spiro atoms. The third kappa shape index (κ3) is 5.32. The van der Waals surface area contributed by atoms with E-state index in [0.717, 1.165) is 12.8 Å². The first-order valence-corrected chi connectivity index (χ1v) is 7.76. The summed E-state index contributed by atoms with van der Waals surface area (Å²) in [5.74, 6) is -2.80. The predicted octanol–water partition coefficient (Wildman–Crippen LogP) is 4.03. The van der Waals surface area contributed by atoms with E-state index in [1.165, 1.54) is 0 Å². The van der Waals surface area contributed by atoms with Crippen LogP contribution >= 0.6 is 15.9 Å². The van der Waals surface area contributed by atoms with Gasteiger partial charge in [0, 0.05) is 17.3 Å². The molecule has 0 aromatic rings. The summed E-state index contributed by atoms with van der Waals surface area (Å²) in [6.45, 7) is 2.45. The molecule has 0 bridgehead atoms. The molecule has 0 radical (unpaired) electrons. The Morgan fingerprint density at radius 1 is 1.37 bits per heavy atom. The van der Waals surface area contributed by atoms with Crippen LogP contribution in [0.15, 0.2) is 0 Å². The first kappa shape index (κ1) is 16.8. The van der Waals surface area contributed by atoms with Gasteiger partial charge in [-0.05, 0) is 25.7 Å². The van der Waals surface area contributed by atoms with Gasteiger partial charge < -0.3 is 5.32 Å². The predicted molar refractivity (Wildman–Crippen MR) is 72.1 cm³/mol. The Morgan fingerprint density at radius 3 is 2.58 bits per heavy atom. The van der Waals surface area contributed by atoms with E-state index >= 15 is 0 Å². The molecule has 1 amide bonds. The summed E-state index contributed by atoms with van der Waals surface area (Å²) in [6, 6.07) is 0. The Morgan fingerprint density at radius 2 is 2.00 bits per heavy atom. The van der Waals surface area contributed by atoms with Crippen LogP contribution < -0.4 is 5.32 Å². The number of carbonyl (C=O) groups is 1. The fraction of sp³-hybridized carbons (Fsp3) is 0.923. The number of halogens is 4. The van der Waals surface area contributed by atoms with Gasteiger partial charge in [0.25, 0.3) is 0 Å². The summed E-state index contributed by atoms with van der Waals surface area (Å²) >= 11 is 3.44. The molecule has 0 aromatic heterocycles. The molecule has 112 valence electrons. The van der Waals surface area contributed by atoms with Crippen LogP contribution in [0.1, 0.15) is 45.4 Å². The van der Waals surface area contributed by atoms with Gasteiger partial charge in [-0.1, -0.05) is 35.7 Å². The van der Waals surface area contributed by atoms with Crippen molar-refractivity contribution in [2.75, 3.05) is 6.54 Å². The summed E-state index contributed by atoms with van der Waals surface area (Å²) in [5.41, 5.74) is 0. The second kappa shape index (κ2) is 7.50. The highest BCUT2D eigenvalue weighted by Crippen LogP contribution is 2.41. The molecule has 19 heavy (non-hydrogen) atoms. The second-order valence-electron chi connectivity index (χ2n) is 5.12. The fourth-order valence-corrected chi connectivity index (χ4v) is 2.75. The minimum Gasteiger partial charge on any atom is -0.356 e. The van der Waals surface area contributed by atoms with Crippen LogP contribution in [-0.2, 0) is 4.79 Å². The molecule has 2 nitrogen and oxygen atoms in total. The second-order valence-corrected chi connectivity index (χ2v) is 6.42. The van der Waals surface area contributed by atoms with Gasteiger partial charge in [-0.15, -0.1) is 0 Å². The maximum atomic E-state index is 12.9. The Kier molecular flexibility index (Phi) is 6.63. The zero-order chi connectivity index (χ0) is 14.5. The summed E-state index contributed by atoms with van der Waals surface area (Å²) in [4.78, 5) is 12.2. The molecule has 1 saturated carbocycles. The molecule has 3 unspecified atom stereocenters. The summed E-state index contributed by atoms with van der Waals surface area (Å²) < 4.78 is 38.6. The molecule has 0 aliphatic heterocycles. The average Bonchev–Trinajstić information content (AvgIpc) is 2.37. The Bertz CT molecular complexity index is 296. The zero-order valence-electron chi connectivity index (χ0n) is 11.1. The largest absolute Gasteiger partial charge is 0.392 e. The van der Waals surface area contributed by atoms with Crippen LogP contribution in [0.4, 0.5) is 13.2 Å². The van der Waals surface area contributed by atoms with Gasteiger partial charge in [0.05, 0.1) is 5.92 Å². The zero-order valence-corrected chi connectivity index (χ0v) is 12.7. The van der Waals surface area contributed by atoms with Gasteiger partial charge in [0.15, 0.2) is 0 Å². The van der Waals surface area contributed by atoms with Gasteiger partial charge >= 0.3 is 6.18 Å². The Hall–Kier alpha value is -0.260. The smallest absolute Gasteiger partial charge is 0.356 e. The number of hydrogen-bond donors (Lipinski definition) is 1. The number of amides is 1. The number of hydrogen-bond acceptors (Lipinski definition) is 1. The van der Waals surface area contributed by atoms with E-state index in [1.54, 1.807) is 0 Å². The highest BCUT2D eigenvalue weighted by molar-refractivity contribution is 9.09. The number of alkyl halides is 4. The van der Waals surface area contributed by atoms with Crippen LogP contribution in [0, 0.1) is 11.8 Å². The van der Waals surface area contributed by atoms with Crippen molar-refractivity contribution < 1.29 is 18.0 Å². The first-order valence-electron chi connectivity index (χ1n) is 6.84. The van der Waals surface area contributed by atoms with Gasteiger partial charge in [-0.3, -0.25) is 4.79 Å². The fourth-order valence-electron chi connectivity index (χ4n) is 2.52.